The Morgan fingerprint density at radius 2 is 2.29 bits per heavy atom. The molecule has 3 atom stereocenters. The number of hydrogen-bond donors (Lipinski definition) is 1. The highest BCUT2D eigenvalue weighted by atomic mass is 127. The lowest BCUT2D eigenvalue weighted by atomic mass is 9.96. The zero-order chi connectivity index (χ0) is 12.0. The molecule has 3 rings (SSSR count). The van der Waals surface area contributed by atoms with Gasteiger partial charge in [0.15, 0.2) is 0 Å². The number of hydrogen-bond acceptors (Lipinski definition) is 3. The number of anilines is 1. The van der Waals surface area contributed by atoms with E-state index in [1.165, 1.54) is 31.2 Å². The van der Waals surface area contributed by atoms with Crippen LogP contribution in [0.1, 0.15) is 34.7 Å². The molecule has 0 spiro atoms. The van der Waals surface area contributed by atoms with E-state index >= 15 is 0 Å². The number of carbonyl (C=O) groups excluding carboxylic acids is 1. The van der Waals surface area contributed by atoms with Gasteiger partial charge in [-0.1, -0.05) is 22.6 Å². The van der Waals surface area contributed by atoms with Crippen LogP contribution in [0.15, 0.2) is 18.2 Å². The van der Waals surface area contributed by atoms with Crippen molar-refractivity contribution >= 4 is 34.2 Å². The maximum absolute atomic E-state index is 11.5. The molecule has 1 fully saturated rings. The summed E-state index contributed by atoms with van der Waals surface area (Å²) in [6, 6.07) is 6.37. The lowest BCUT2D eigenvalue weighted by Crippen LogP contribution is -2.23. The van der Waals surface area contributed by atoms with Crippen LogP contribution in [0.4, 0.5) is 5.69 Å². The van der Waals surface area contributed by atoms with Gasteiger partial charge in [0.2, 0.25) is 0 Å². The number of ether oxygens (including phenoxy) is 1. The van der Waals surface area contributed by atoms with E-state index < -0.39 is 0 Å². The molecule has 1 N–H and O–H groups in total. The minimum Gasteiger partial charge on any atom is -0.465 e. The molecule has 0 amide bonds. The van der Waals surface area contributed by atoms with Crippen LogP contribution >= 0.6 is 22.6 Å². The minimum absolute atomic E-state index is 0.250. The van der Waals surface area contributed by atoms with Gasteiger partial charge in [-0.3, -0.25) is 0 Å². The largest absolute Gasteiger partial charge is 0.465 e. The summed E-state index contributed by atoms with van der Waals surface area (Å²) in [7, 11) is 1.42. The average molecular weight is 343 g/mol. The van der Waals surface area contributed by atoms with Crippen molar-refractivity contribution in [3.05, 3.63) is 29.3 Å². The predicted molar refractivity (Wildman–Crippen MR) is 75.0 cm³/mol. The van der Waals surface area contributed by atoms with Crippen LogP contribution in [0.25, 0.3) is 0 Å². The number of alkyl halides is 1. The van der Waals surface area contributed by atoms with Gasteiger partial charge in [-0.2, -0.15) is 0 Å². The molecule has 3 unspecified atom stereocenters. The molecule has 90 valence electrons. The number of nitrogens with one attached hydrogen (secondary N) is 1. The number of halogens is 1. The molecular weight excluding hydrogens is 329 g/mol. The Bertz CT molecular complexity index is 474. The second-order valence-corrected chi connectivity index (χ2v) is 6.26. The van der Waals surface area contributed by atoms with E-state index in [-0.39, 0.29) is 5.97 Å². The van der Waals surface area contributed by atoms with Crippen LogP contribution < -0.4 is 5.32 Å². The lowest BCUT2D eigenvalue weighted by molar-refractivity contribution is 0.0600. The predicted octanol–water partition coefficient (Wildman–Crippen LogP) is 2.95. The number of fused-ring (bicyclic) bond motifs is 3. The van der Waals surface area contributed by atoms with Crippen molar-refractivity contribution < 1.29 is 9.53 Å². The third-order valence-electron chi connectivity index (χ3n) is 3.77. The average Bonchev–Trinajstić information content (AvgIpc) is 2.88. The number of esters is 1. The van der Waals surface area contributed by atoms with E-state index in [4.69, 9.17) is 4.74 Å². The second kappa shape index (κ2) is 4.15. The summed E-state index contributed by atoms with van der Waals surface area (Å²) in [5, 5.41) is 3.57. The van der Waals surface area contributed by atoms with Crippen LogP contribution in [0.5, 0.6) is 0 Å². The fraction of sp³-hybridized carbons (Fsp3) is 0.462. The maximum atomic E-state index is 11.5. The highest BCUT2D eigenvalue weighted by Gasteiger charge is 2.41. The third-order valence-corrected chi connectivity index (χ3v) is 5.17. The first kappa shape index (κ1) is 11.3. The van der Waals surface area contributed by atoms with Gasteiger partial charge in [0.05, 0.1) is 12.7 Å². The molecule has 0 saturated heterocycles. The molecule has 1 saturated carbocycles. The summed E-state index contributed by atoms with van der Waals surface area (Å²) in [4.78, 5) is 11.5. The van der Waals surface area contributed by atoms with Crippen molar-refractivity contribution in [1.29, 1.82) is 0 Å². The molecule has 17 heavy (non-hydrogen) atoms. The number of benzene rings is 1. The molecule has 1 aliphatic carbocycles. The van der Waals surface area contributed by atoms with E-state index in [0.29, 0.717) is 21.4 Å². The van der Waals surface area contributed by atoms with E-state index in [1.807, 2.05) is 18.2 Å². The van der Waals surface area contributed by atoms with Gasteiger partial charge in [-0.05, 0) is 36.6 Å². The minimum atomic E-state index is -0.250. The van der Waals surface area contributed by atoms with Crippen LogP contribution in [0, 0.1) is 0 Å². The molecular formula is C13H14INO2. The molecule has 2 aliphatic rings. The number of rotatable bonds is 1. The Balaban J connectivity index is 1.98. The van der Waals surface area contributed by atoms with E-state index in [2.05, 4.69) is 27.9 Å². The van der Waals surface area contributed by atoms with E-state index in [9.17, 15) is 4.79 Å². The van der Waals surface area contributed by atoms with Gasteiger partial charge >= 0.3 is 5.97 Å². The summed E-state index contributed by atoms with van der Waals surface area (Å²) >= 11 is 2.52. The summed E-state index contributed by atoms with van der Waals surface area (Å²) in [5.74, 6) is 0.316. The highest BCUT2D eigenvalue weighted by Crippen LogP contribution is 2.47. The quantitative estimate of drug-likeness (QED) is 0.484. The molecule has 1 aromatic carbocycles. The summed E-state index contributed by atoms with van der Waals surface area (Å²) in [5.41, 5.74) is 3.14. The van der Waals surface area contributed by atoms with Crippen molar-refractivity contribution in [1.82, 2.24) is 0 Å². The highest BCUT2D eigenvalue weighted by molar-refractivity contribution is 14.1. The Kier molecular flexibility index (Phi) is 2.77. The van der Waals surface area contributed by atoms with Gasteiger partial charge in [0.25, 0.3) is 0 Å². The van der Waals surface area contributed by atoms with Gasteiger partial charge in [0.1, 0.15) is 0 Å². The van der Waals surface area contributed by atoms with Crippen molar-refractivity contribution in [3.8, 4) is 0 Å². The first-order valence-corrected chi connectivity index (χ1v) is 7.08. The van der Waals surface area contributed by atoms with Crippen LogP contribution in [-0.2, 0) is 4.74 Å². The van der Waals surface area contributed by atoms with Gasteiger partial charge in [0, 0.05) is 21.6 Å². The van der Waals surface area contributed by atoms with Crippen LogP contribution in [0.2, 0.25) is 0 Å². The second-order valence-electron chi connectivity index (χ2n) is 4.66. The van der Waals surface area contributed by atoms with Gasteiger partial charge in [-0.25, -0.2) is 4.79 Å². The molecule has 0 radical (unpaired) electrons. The first-order chi connectivity index (χ1) is 8.20. The molecule has 0 aromatic heterocycles. The molecule has 1 aromatic rings. The fourth-order valence-corrected chi connectivity index (χ4v) is 3.96. The van der Waals surface area contributed by atoms with E-state index in [1.54, 1.807) is 0 Å². The molecule has 3 nitrogen and oxygen atoms in total. The topological polar surface area (TPSA) is 38.3 Å². The number of carbonyl (C=O) groups is 1. The van der Waals surface area contributed by atoms with Crippen molar-refractivity contribution in [3.63, 3.8) is 0 Å². The Hall–Kier alpha value is -0.780. The number of methoxy groups -OCH3 is 1. The summed E-state index contributed by atoms with van der Waals surface area (Å²) in [6.45, 7) is 0. The Morgan fingerprint density at radius 3 is 3.06 bits per heavy atom. The SMILES string of the molecule is COC(=O)c1ccc2c(c1)C1CCC(I)C1N2. The zero-order valence-corrected chi connectivity index (χ0v) is 11.7. The van der Waals surface area contributed by atoms with Crippen LogP contribution in [-0.4, -0.2) is 23.0 Å². The normalized spacial score (nSPS) is 29.4. The molecule has 1 heterocycles. The smallest absolute Gasteiger partial charge is 0.337 e. The van der Waals surface area contributed by atoms with Crippen molar-refractivity contribution in [2.24, 2.45) is 0 Å². The zero-order valence-electron chi connectivity index (χ0n) is 9.57. The molecule has 1 aliphatic heterocycles. The lowest BCUT2D eigenvalue weighted by Gasteiger charge is -2.13. The van der Waals surface area contributed by atoms with Gasteiger partial charge < -0.3 is 10.1 Å². The molecule has 0 bridgehead atoms. The Morgan fingerprint density at radius 1 is 1.47 bits per heavy atom. The van der Waals surface area contributed by atoms with Gasteiger partial charge in [-0.15, -0.1) is 0 Å². The summed E-state index contributed by atoms with van der Waals surface area (Å²) in [6.07, 6.45) is 2.47. The summed E-state index contributed by atoms with van der Waals surface area (Å²) < 4.78 is 5.45. The third kappa shape index (κ3) is 1.73. The van der Waals surface area contributed by atoms with Crippen molar-refractivity contribution in [2.45, 2.75) is 28.7 Å². The monoisotopic (exact) mass is 343 g/mol. The first-order valence-electron chi connectivity index (χ1n) is 5.83. The van der Waals surface area contributed by atoms with E-state index in [0.717, 1.165) is 0 Å². The molecule has 4 heteroatoms. The standard InChI is InChI=1S/C13H14INO2/c1-17-13(16)7-2-5-11-9(6-7)8-3-4-10(14)12(8)15-11/h2,5-6,8,10,12,15H,3-4H2,1H3. The Labute approximate surface area is 114 Å². The van der Waals surface area contributed by atoms with Crippen LogP contribution in [0.3, 0.4) is 0 Å². The van der Waals surface area contributed by atoms with Crippen molar-refractivity contribution in [2.75, 3.05) is 12.4 Å². The maximum Gasteiger partial charge on any atom is 0.337 e. The fourth-order valence-electron chi connectivity index (χ4n) is 2.92.